The van der Waals surface area contributed by atoms with Gasteiger partial charge in [-0.25, -0.2) is 4.98 Å². The Kier molecular flexibility index (Phi) is 8.18. The lowest BCUT2D eigenvalue weighted by Crippen LogP contribution is -2.32. The summed E-state index contributed by atoms with van der Waals surface area (Å²) in [6.45, 7) is 5.84. The first-order chi connectivity index (χ1) is 16.3. The Bertz CT molecular complexity index is 1070. The zero-order valence-electron chi connectivity index (χ0n) is 19.5. The summed E-state index contributed by atoms with van der Waals surface area (Å²) >= 11 is 0. The minimum absolute atomic E-state index is 0.165. The Morgan fingerprint density at radius 3 is 2.73 bits per heavy atom. The van der Waals surface area contributed by atoms with Gasteiger partial charge in [-0.2, -0.15) is 0 Å². The first-order valence-corrected chi connectivity index (χ1v) is 12.3. The molecule has 0 unspecified atom stereocenters. The average Bonchev–Trinajstić information content (AvgIpc) is 3.21. The fraction of sp³-hybridized carbons (Fsp3) is 0.429. The van der Waals surface area contributed by atoms with Crippen molar-refractivity contribution < 1.29 is 9.53 Å². The van der Waals surface area contributed by atoms with Crippen molar-refractivity contribution in [2.45, 2.75) is 64.5 Å². The van der Waals surface area contributed by atoms with Crippen molar-refractivity contribution in [1.82, 2.24) is 14.9 Å². The maximum atomic E-state index is 12.6. The molecule has 1 N–H and O–H groups in total. The normalized spacial score (nSPS) is 14.3. The molecule has 0 radical (unpaired) electrons. The number of imidazole rings is 1. The van der Waals surface area contributed by atoms with Crippen LogP contribution in [-0.2, 0) is 24.3 Å². The van der Waals surface area contributed by atoms with E-state index in [1.165, 1.54) is 12.0 Å². The van der Waals surface area contributed by atoms with Gasteiger partial charge in [0, 0.05) is 12.5 Å². The van der Waals surface area contributed by atoms with Crippen molar-refractivity contribution in [3.8, 4) is 5.75 Å². The van der Waals surface area contributed by atoms with Crippen LogP contribution >= 0.6 is 0 Å². The molecule has 3 aromatic rings. The molecule has 2 aromatic carbocycles. The van der Waals surface area contributed by atoms with Crippen LogP contribution < -0.4 is 10.1 Å². The van der Waals surface area contributed by atoms with Crippen molar-refractivity contribution in [2.24, 2.45) is 5.92 Å². The lowest BCUT2D eigenvalue weighted by atomic mass is 9.89. The Balaban J connectivity index is 1.34. The summed E-state index contributed by atoms with van der Waals surface area (Å²) in [5.74, 6) is 2.21. The molecule has 1 heterocycles. The molecule has 0 bridgehead atoms. The lowest BCUT2D eigenvalue weighted by molar-refractivity contribution is -0.126. The number of allylic oxidation sites excluding steroid dienone is 1. The number of aryl methyl sites for hydroxylation is 1. The van der Waals surface area contributed by atoms with E-state index in [2.05, 4.69) is 28.6 Å². The van der Waals surface area contributed by atoms with Gasteiger partial charge in [0.1, 0.15) is 11.6 Å². The number of rotatable bonds is 11. The number of unbranched alkanes of at least 4 members (excludes halogenated alkanes) is 1. The molecule has 0 spiro atoms. The molecule has 33 heavy (non-hydrogen) atoms. The molecule has 1 aliphatic rings. The Morgan fingerprint density at radius 1 is 1.09 bits per heavy atom. The Hall–Kier alpha value is -3.08. The minimum atomic E-state index is 0.165. The van der Waals surface area contributed by atoms with Crippen LogP contribution in [0.1, 0.15) is 56.3 Å². The van der Waals surface area contributed by atoms with Gasteiger partial charge in [-0.1, -0.05) is 55.7 Å². The molecule has 174 valence electrons. The lowest BCUT2D eigenvalue weighted by Gasteiger charge is -2.20. The molecule has 1 fully saturated rings. The number of ether oxygens (including phenoxy) is 1. The van der Waals surface area contributed by atoms with Crippen molar-refractivity contribution in [3.63, 3.8) is 0 Å². The second-order valence-electron chi connectivity index (χ2n) is 8.88. The van der Waals surface area contributed by atoms with Crippen LogP contribution in [0.3, 0.4) is 0 Å². The predicted octanol–water partition coefficient (Wildman–Crippen LogP) is 5.82. The topological polar surface area (TPSA) is 56.1 Å². The minimum Gasteiger partial charge on any atom is -0.493 e. The van der Waals surface area contributed by atoms with E-state index in [0.29, 0.717) is 13.2 Å². The number of carbonyl (C=O) groups is 1. The fourth-order valence-electron chi connectivity index (χ4n) is 4.71. The van der Waals surface area contributed by atoms with Gasteiger partial charge < -0.3 is 14.6 Å². The number of para-hydroxylation sites is 3. The zero-order valence-corrected chi connectivity index (χ0v) is 19.5. The summed E-state index contributed by atoms with van der Waals surface area (Å²) < 4.78 is 8.30. The maximum Gasteiger partial charge on any atom is 0.223 e. The van der Waals surface area contributed by atoms with Gasteiger partial charge in [0.05, 0.1) is 24.2 Å². The number of nitrogens with zero attached hydrogens (tertiary/aromatic N) is 2. The molecular weight excluding hydrogens is 410 g/mol. The van der Waals surface area contributed by atoms with Crippen LogP contribution in [0.4, 0.5) is 0 Å². The van der Waals surface area contributed by atoms with Gasteiger partial charge in [0.25, 0.3) is 0 Å². The summed E-state index contributed by atoms with van der Waals surface area (Å²) in [6, 6.07) is 16.4. The number of hydrogen-bond acceptors (Lipinski definition) is 3. The highest BCUT2D eigenvalue weighted by molar-refractivity contribution is 5.79. The molecular formula is C28H35N3O2. The summed E-state index contributed by atoms with van der Waals surface area (Å²) in [6.07, 6.45) is 10.2. The van der Waals surface area contributed by atoms with Crippen LogP contribution in [0, 0.1) is 5.92 Å². The monoisotopic (exact) mass is 445 g/mol. The summed E-state index contributed by atoms with van der Waals surface area (Å²) in [5.41, 5.74) is 3.27. The molecule has 1 saturated carbocycles. The number of fused-ring (bicyclic) bond motifs is 1. The van der Waals surface area contributed by atoms with Crippen molar-refractivity contribution in [2.75, 3.05) is 6.61 Å². The van der Waals surface area contributed by atoms with E-state index in [-0.39, 0.29) is 11.8 Å². The number of benzene rings is 2. The van der Waals surface area contributed by atoms with Gasteiger partial charge in [0.15, 0.2) is 0 Å². The first kappa shape index (κ1) is 23.1. The quantitative estimate of drug-likeness (QED) is 0.299. The molecule has 4 rings (SSSR count). The van der Waals surface area contributed by atoms with E-state index in [1.54, 1.807) is 0 Å². The third kappa shape index (κ3) is 6.04. The Labute approximate surface area is 196 Å². The number of amides is 1. The van der Waals surface area contributed by atoms with E-state index in [1.807, 2.05) is 42.5 Å². The van der Waals surface area contributed by atoms with Crippen molar-refractivity contribution >= 4 is 16.9 Å². The van der Waals surface area contributed by atoms with Crippen LogP contribution in [0.5, 0.6) is 5.75 Å². The summed E-state index contributed by atoms with van der Waals surface area (Å²) in [4.78, 5) is 17.5. The fourth-order valence-corrected chi connectivity index (χ4v) is 4.71. The highest BCUT2D eigenvalue weighted by atomic mass is 16.5. The van der Waals surface area contributed by atoms with E-state index < -0.39 is 0 Å². The van der Waals surface area contributed by atoms with Gasteiger partial charge in [0.2, 0.25) is 5.91 Å². The first-order valence-electron chi connectivity index (χ1n) is 12.3. The van der Waals surface area contributed by atoms with Crippen LogP contribution in [0.25, 0.3) is 11.0 Å². The van der Waals surface area contributed by atoms with Crippen molar-refractivity contribution in [1.29, 1.82) is 0 Å². The molecule has 5 nitrogen and oxygen atoms in total. The number of nitrogens with one attached hydrogen (secondary N) is 1. The summed E-state index contributed by atoms with van der Waals surface area (Å²) in [7, 11) is 0. The SMILES string of the molecule is C=CCc1ccccc1OCCCCn1c(CNC(=O)C2CCCCC2)nc2ccccc21. The predicted molar refractivity (Wildman–Crippen MR) is 133 cm³/mol. The third-order valence-electron chi connectivity index (χ3n) is 6.50. The van der Waals surface area contributed by atoms with Gasteiger partial charge in [-0.15, -0.1) is 6.58 Å². The molecule has 1 aliphatic carbocycles. The standard InChI is InChI=1S/C28H35N3O2/c1-2-12-22-13-6-9-18-26(22)33-20-11-10-19-31-25-17-8-7-16-24(25)30-27(31)21-29-28(32)23-14-4-3-5-15-23/h2,6-9,13,16-18,23H,1,3-5,10-12,14-15,19-21H2,(H,29,32). The largest absolute Gasteiger partial charge is 0.493 e. The number of aromatic nitrogens is 2. The van der Waals surface area contributed by atoms with E-state index in [0.717, 1.165) is 74.1 Å². The summed E-state index contributed by atoms with van der Waals surface area (Å²) in [5, 5.41) is 3.16. The zero-order chi connectivity index (χ0) is 22.9. The molecule has 5 heteroatoms. The smallest absolute Gasteiger partial charge is 0.223 e. The highest BCUT2D eigenvalue weighted by Gasteiger charge is 2.21. The average molecular weight is 446 g/mol. The molecule has 1 aromatic heterocycles. The third-order valence-corrected chi connectivity index (χ3v) is 6.50. The number of hydrogen-bond donors (Lipinski definition) is 1. The number of carbonyl (C=O) groups excluding carboxylic acids is 1. The van der Waals surface area contributed by atoms with Gasteiger partial charge in [-0.05, 0) is 55.9 Å². The van der Waals surface area contributed by atoms with Crippen LogP contribution in [0.2, 0.25) is 0 Å². The Morgan fingerprint density at radius 2 is 1.88 bits per heavy atom. The van der Waals surface area contributed by atoms with Crippen LogP contribution in [-0.4, -0.2) is 22.1 Å². The molecule has 1 amide bonds. The highest BCUT2D eigenvalue weighted by Crippen LogP contribution is 2.24. The maximum absolute atomic E-state index is 12.6. The van der Waals surface area contributed by atoms with E-state index in [9.17, 15) is 4.79 Å². The molecule has 0 saturated heterocycles. The second kappa shape index (κ2) is 11.7. The van der Waals surface area contributed by atoms with E-state index >= 15 is 0 Å². The molecule has 0 aliphatic heterocycles. The second-order valence-corrected chi connectivity index (χ2v) is 8.88. The van der Waals surface area contributed by atoms with Crippen molar-refractivity contribution in [3.05, 3.63) is 72.6 Å². The van der Waals surface area contributed by atoms with Gasteiger partial charge >= 0.3 is 0 Å². The van der Waals surface area contributed by atoms with Gasteiger partial charge in [-0.3, -0.25) is 4.79 Å². The molecule has 0 atom stereocenters. The van der Waals surface area contributed by atoms with Crippen LogP contribution in [0.15, 0.2) is 61.2 Å². The van der Waals surface area contributed by atoms with E-state index in [4.69, 9.17) is 9.72 Å².